The summed E-state index contributed by atoms with van der Waals surface area (Å²) in [6.07, 6.45) is -0.634. The molecule has 0 aromatic carbocycles. The van der Waals surface area contributed by atoms with Crippen LogP contribution in [0.15, 0.2) is 9.42 Å². The van der Waals surface area contributed by atoms with Crippen LogP contribution >= 0.6 is 0 Å². The third kappa shape index (κ3) is 3.25. The van der Waals surface area contributed by atoms with Crippen LogP contribution in [0.2, 0.25) is 0 Å². The van der Waals surface area contributed by atoms with E-state index in [1.165, 1.54) is 14.2 Å². The minimum atomic E-state index is -3.66. The maximum Gasteiger partial charge on any atom is 0.246 e. The van der Waals surface area contributed by atoms with Gasteiger partial charge in [-0.3, -0.25) is 0 Å². The van der Waals surface area contributed by atoms with Gasteiger partial charge in [-0.05, 0) is 13.8 Å². The average molecular weight is 264 g/mol. The van der Waals surface area contributed by atoms with Crippen molar-refractivity contribution in [2.24, 2.45) is 0 Å². The lowest BCUT2D eigenvalue weighted by Crippen LogP contribution is -2.34. The van der Waals surface area contributed by atoms with E-state index in [1.807, 2.05) is 0 Å². The molecule has 0 bridgehead atoms. The molecule has 0 spiro atoms. The molecular formula is C9H16N2O5S. The van der Waals surface area contributed by atoms with Crippen molar-refractivity contribution in [3.05, 3.63) is 11.5 Å². The predicted octanol–water partition coefficient (Wildman–Crippen LogP) is 0.189. The average Bonchev–Trinajstić information content (AvgIpc) is 2.60. The van der Waals surface area contributed by atoms with E-state index < -0.39 is 16.3 Å². The van der Waals surface area contributed by atoms with Crippen LogP contribution in [0.5, 0.6) is 0 Å². The largest absolute Gasteiger partial charge is 0.360 e. The Morgan fingerprint density at radius 3 is 2.35 bits per heavy atom. The van der Waals surface area contributed by atoms with Gasteiger partial charge in [0.1, 0.15) is 10.6 Å². The zero-order chi connectivity index (χ0) is 13.1. The molecule has 1 aromatic heterocycles. The van der Waals surface area contributed by atoms with Crippen molar-refractivity contribution in [1.82, 2.24) is 9.88 Å². The van der Waals surface area contributed by atoms with E-state index in [-0.39, 0.29) is 17.2 Å². The molecule has 0 fully saturated rings. The summed E-state index contributed by atoms with van der Waals surface area (Å²) >= 11 is 0. The highest BCUT2D eigenvalue weighted by molar-refractivity contribution is 7.89. The molecule has 0 saturated heterocycles. The summed E-state index contributed by atoms with van der Waals surface area (Å²) in [5, 5.41) is 3.59. The first-order valence-electron chi connectivity index (χ1n) is 4.90. The van der Waals surface area contributed by atoms with Crippen LogP contribution in [0.1, 0.15) is 11.5 Å². The van der Waals surface area contributed by atoms with Crippen molar-refractivity contribution in [1.29, 1.82) is 0 Å². The Labute approximate surface area is 100 Å². The van der Waals surface area contributed by atoms with Crippen molar-refractivity contribution in [3.8, 4) is 0 Å². The van der Waals surface area contributed by atoms with Gasteiger partial charge in [0.15, 0.2) is 12.1 Å². The van der Waals surface area contributed by atoms with E-state index in [1.54, 1.807) is 13.8 Å². The fourth-order valence-corrected chi connectivity index (χ4v) is 2.71. The van der Waals surface area contributed by atoms with Gasteiger partial charge in [0.2, 0.25) is 10.0 Å². The molecule has 8 heteroatoms. The lowest BCUT2D eigenvalue weighted by atomic mass is 10.4. The lowest BCUT2D eigenvalue weighted by molar-refractivity contribution is -0.0960. The standard InChI is InChI=1S/C9H16N2O5S/c1-6-9(7(2)16-11-6)17(12,13)10-5-8(14-3)15-4/h8,10H,5H2,1-4H3. The Balaban J connectivity index is 2.83. The van der Waals surface area contributed by atoms with Crippen LogP contribution in [-0.4, -0.2) is 40.6 Å². The molecule has 0 aliphatic rings. The Morgan fingerprint density at radius 2 is 1.94 bits per heavy atom. The summed E-state index contributed by atoms with van der Waals surface area (Å²) in [6.45, 7) is 3.12. The fourth-order valence-electron chi connectivity index (χ4n) is 1.37. The van der Waals surface area contributed by atoms with E-state index in [0.29, 0.717) is 5.69 Å². The minimum Gasteiger partial charge on any atom is -0.360 e. The minimum absolute atomic E-state index is 0.0133. The van der Waals surface area contributed by atoms with Crippen molar-refractivity contribution < 1.29 is 22.4 Å². The first kappa shape index (κ1) is 14.1. The highest BCUT2D eigenvalue weighted by Gasteiger charge is 2.24. The summed E-state index contributed by atoms with van der Waals surface area (Å²) in [6, 6.07) is 0. The third-order valence-corrected chi connectivity index (χ3v) is 3.87. The quantitative estimate of drug-likeness (QED) is 0.737. The first-order valence-corrected chi connectivity index (χ1v) is 6.38. The summed E-state index contributed by atoms with van der Waals surface area (Å²) in [4.78, 5) is 0.0588. The molecule has 0 aliphatic carbocycles. The molecule has 0 atom stereocenters. The lowest BCUT2D eigenvalue weighted by Gasteiger charge is -2.13. The number of hydrogen-bond acceptors (Lipinski definition) is 6. The Kier molecular flexibility index (Phi) is 4.63. The Morgan fingerprint density at radius 1 is 1.35 bits per heavy atom. The highest BCUT2D eigenvalue weighted by atomic mass is 32.2. The van der Waals surface area contributed by atoms with Crippen LogP contribution in [0.3, 0.4) is 0 Å². The predicted molar refractivity (Wildman–Crippen MR) is 59.0 cm³/mol. The second-order valence-electron chi connectivity index (χ2n) is 3.41. The number of methoxy groups -OCH3 is 2. The summed E-state index contributed by atoms with van der Waals surface area (Å²) in [7, 11) is -0.802. The summed E-state index contributed by atoms with van der Waals surface area (Å²) in [5.74, 6) is 0.251. The van der Waals surface area contributed by atoms with Crippen LogP contribution in [0.25, 0.3) is 0 Å². The second-order valence-corrected chi connectivity index (χ2v) is 5.11. The monoisotopic (exact) mass is 264 g/mol. The van der Waals surface area contributed by atoms with Crippen molar-refractivity contribution in [2.75, 3.05) is 20.8 Å². The van der Waals surface area contributed by atoms with Crippen LogP contribution in [-0.2, 0) is 19.5 Å². The molecule has 0 unspecified atom stereocenters. The molecule has 1 N–H and O–H groups in total. The van der Waals surface area contributed by atoms with Gasteiger partial charge in [-0.1, -0.05) is 5.16 Å². The topological polar surface area (TPSA) is 90.7 Å². The molecule has 0 saturated carbocycles. The van der Waals surface area contributed by atoms with E-state index in [4.69, 9.17) is 14.0 Å². The number of ether oxygens (including phenoxy) is 2. The zero-order valence-electron chi connectivity index (χ0n) is 10.2. The van der Waals surface area contributed by atoms with E-state index in [0.717, 1.165) is 0 Å². The van der Waals surface area contributed by atoms with Crippen molar-refractivity contribution >= 4 is 10.0 Å². The van der Waals surface area contributed by atoms with E-state index >= 15 is 0 Å². The molecule has 1 rings (SSSR count). The smallest absolute Gasteiger partial charge is 0.246 e. The molecule has 0 amide bonds. The maximum atomic E-state index is 11.9. The summed E-state index contributed by atoms with van der Waals surface area (Å²) < 4.78 is 40.8. The zero-order valence-corrected chi connectivity index (χ0v) is 11.0. The van der Waals surface area contributed by atoms with Gasteiger partial charge in [0, 0.05) is 14.2 Å². The van der Waals surface area contributed by atoms with Crippen molar-refractivity contribution in [2.45, 2.75) is 25.0 Å². The number of hydrogen-bond donors (Lipinski definition) is 1. The molecule has 98 valence electrons. The molecule has 0 radical (unpaired) electrons. The number of sulfonamides is 1. The van der Waals surface area contributed by atoms with E-state index in [9.17, 15) is 8.42 Å². The van der Waals surface area contributed by atoms with Gasteiger partial charge in [0.05, 0.1) is 6.54 Å². The van der Waals surface area contributed by atoms with Crippen molar-refractivity contribution in [3.63, 3.8) is 0 Å². The van der Waals surface area contributed by atoms with Gasteiger partial charge in [-0.25, -0.2) is 13.1 Å². The van der Waals surface area contributed by atoms with Crippen LogP contribution < -0.4 is 4.72 Å². The van der Waals surface area contributed by atoms with Gasteiger partial charge in [-0.15, -0.1) is 0 Å². The van der Waals surface area contributed by atoms with Crippen LogP contribution in [0.4, 0.5) is 0 Å². The van der Waals surface area contributed by atoms with Gasteiger partial charge < -0.3 is 14.0 Å². The SMILES string of the molecule is COC(CNS(=O)(=O)c1c(C)noc1C)OC. The number of aryl methyl sites for hydroxylation is 2. The Hall–Kier alpha value is -0.960. The maximum absolute atomic E-state index is 11.9. The Bertz CT molecular complexity index is 444. The normalized spacial score (nSPS) is 12.3. The van der Waals surface area contributed by atoms with E-state index in [2.05, 4.69) is 9.88 Å². The number of nitrogens with one attached hydrogen (secondary N) is 1. The molecule has 1 aromatic rings. The highest BCUT2D eigenvalue weighted by Crippen LogP contribution is 2.18. The van der Waals surface area contributed by atoms with Crippen LogP contribution in [0, 0.1) is 13.8 Å². The molecule has 7 nitrogen and oxygen atoms in total. The van der Waals surface area contributed by atoms with Gasteiger partial charge in [-0.2, -0.15) is 0 Å². The van der Waals surface area contributed by atoms with Gasteiger partial charge >= 0.3 is 0 Å². The van der Waals surface area contributed by atoms with Gasteiger partial charge in [0.25, 0.3) is 0 Å². The second kappa shape index (κ2) is 5.58. The molecular weight excluding hydrogens is 248 g/mol. The number of nitrogens with zero attached hydrogens (tertiary/aromatic N) is 1. The fraction of sp³-hybridized carbons (Fsp3) is 0.667. The third-order valence-electron chi connectivity index (χ3n) is 2.20. The number of aromatic nitrogens is 1. The molecule has 0 aliphatic heterocycles. The first-order chi connectivity index (χ1) is 7.92. The number of rotatable bonds is 6. The molecule has 1 heterocycles. The summed E-state index contributed by atoms with van der Waals surface area (Å²) in [5.41, 5.74) is 0.321. The molecule has 17 heavy (non-hydrogen) atoms.